The summed E-state index contributed by atoms with van der Waals surface area (Å²) in [6, 6.07) is 6.50. The number of amides is 1. The van der Waals surface area contributed by atoms with Gasteiger partial charge in [-0.2, -0.15) is 0 Å². The van der Waals surface area contributed by atoms with Crippen molar-refractivity contribution in [2.45, 2.75) is 56.5 Å². The van der Waals surface area contributed by atoms with Crippen molar-refractivity contribution in [2.75, 3.05) is 32.8 Å². The Morgan fingerprint density at radius 2 is 1.76 bits per heavy atom. The maximum atomic E-state index is 12.7. The number of rotatable bonds is 10. The van der Waals surface area contributed by atoms with E-state index in [1.54, 1.807) is 12.1 Å². The average molecular weight is 424 g/mol. The van der Waals surface area contributed by atoms with Crippen LogP contribution in [0.1, 0.15) is 49.9 Å². The van der Waals surface area contributed by atoms with Gasteiger partial charge in [0, 0.05) is 37.3 Å². The van der Waals surface area contributed by atoms with Crippen molar-refractivity contribution >= 4 is 15.9 Å². The van der Waals surface area contributed by atoms with Crippen molar-refractivity contribution in [3.8, 4) is 0 Å². The minimum absolute atomic E-state index is 0.0603. The summed E-state index contributed by atoms with van der Waals surface area (Å²) in [7, 11) is -3.50. The molecule has 1 saturated carbocycles. The van der Waals surface area contributed by atoms with Crippen LogP contribution in [0.4, 0.5) is 0 Å². The number of carbonyl (C=O) groups is 1. The maximum absolute atomic E-state index is 12.7. The van der Waals surface area contributed by atoms with Crippen molar-refractivity contribution in [1.29, 1.82) is 0 Å². The summed E-state index contributed by atoms with van der Waals surface area (Å²) in [4.78, 5) is 15.3. The SMILES string of the molecule is CCC(CC)C(CNC(=O)c1ccc(S(=O)(=O)NC2CC2)cc1)N1CCOCC1. The van der Waals surface area contributed by atoms with Crippen LogP contribution in [0.15, 0.2) is 29.2 Å². The summed E-state index contributed by atoms with van der Waals surface area (Å²) >= 11 is 0. The third-order valence-corrected chi connectivity index (χ3v) is 7.44. The van der Waals surface area contributed by atoms with Gasteiger partial charge in [-0.15, -0.1) is 0 Å². The van der Waals surface area contributed by atoms with Crippen molar-refractivity contribution in [3.05, 3.63) is 29.8 Å². The van der Waals surface area contributed by atoms with E-state index < -0.39 is 10.0 Å². The molecule has 1 aliphatic heterocycles. The zero-order valence-electron chi connectivity index (χ0n) is 17.4. The van der Waals surface area contributed by atoms with E-state index in [0.29, 0.717) is 18.0 Å². The van der Waals surface area contributed by atoms with E-state index in [0.717, 1.165) is 52.0 Å². The third-order valence-electron chi connectivity index (χ3n) is 5.91. The lowest BCUT2D eigenvalue weighted by molar-refractivity contribution is 0.00191. The second-order valence-electron chi connectivity index (χ2n) is 7.92. The summed E-state index contributed by atoms with van der Waals surface area (Å²) in [5, 5.41) is 3.06. The van der Waals surface area contributed by atoms with Crippen molar-refractivity contribution in [3.63, 3.8) is 0 Å². The van der Waals surface area contributed by atoms with Crippen LogP contribution in [-0.4, -0.2) is 64.2 Å². The number of nitrogens with zero attached hydrogens (tertiary/aromatic N) is 1. The number of sulfonamides is 1. The molecule has 7 nitrogen and oxygen atoms in total. The largest absolute Gasteiger partial charge is 0.379 e. The second-order valence-corrected chi connectivity index (χ2v) is 9.64. The highest BCUT2D eigenvalue weighted by Gasteiger charge is 2.29. The molecular weight excluding hydrogens is 390 g/mol. The molecule has 1 aromatic carbocycles. The molecule has 0 aromatic heterocycles. The van der Waals surface area contributed by atoms with Gasteiger partial charge in [0.15, 0.2) is 0 Å². The number of hydrogen-bond donors (Lipinski definition) is 2. The first-order chi connectivity index (χ1) is 13.9. The molecule has 1 atom stereocenters. The molecule has 0 bridgehead atoms. The number of benzene rings is 1. The molecule has 0 radical (unpaired) electrons. The fourth-order valence-electron chi connectivity index (χ4n) is 3.91. The van der Waals surface area contributed by atoms with Gasteiger partial charge in [0.1, 0.15) is 0 Å². The van der Waals surface area contributed by atoms with Gasteiger partial charge in [-0.25, -0.2) is 13.1 Å². The van der Waals surface area contributed by atoms with E-state index in [4.69, 9.17) is 4.74 Å². The molecule has 1 aromatic rings. The molecule has 1 unspecified atom stereocenters. The monoisotopic (exact) mass is 423 g/mol. The number of morpholine rings is 1. The minimum atomic E-state index is -3.50. The zero-order valence-corrected chi connectivity index (χ0v) is 18.2. The van der Waals surface area contributed by atoms with Crippen LogP contribution in [-0.2, 0) is 14.8 Å². The highest BCUT2D eigenvalue weighted by Crippen LogP contribution is 2.22. The number of carbonyl (C=O) groups excluding carboxylic acids is 1. The van der Waals surface area contributed by atoms with Gasteiger partial charge in [-0.3, -0.25) is 9.69 Å². The van der Waals surface area contributed by atoms with Crippen LogP contribution >= 0.6 is 0 Å². The Bertz CT molecular complexity index is 768. The molecule has 1 amide bonds. The molecule has 0 spiro atoms. The molecule has 1 aliphatic carbocycles. The molecule has 162 valence electrons. The fraction of sp³-hybridized carbons (Fsp3) is 0.667. The standard InChI is InChI=1S/C21H33N3O4S/c1-3-16(4-2)20(24-11-13-28-14-12-24)15-22-21(25)17-5-9-19(10-6-17)29(26,27)23-18-7-8-18/h5-6,9-10,16,18,20,23H,3-4,7-8,11-15H2,1-2H3,(H,22,25). The van der Waals surface area contributed by atoms with Gasteiger partial charge >= 0.3 is 0 Å². The summed E-state index contributed by atoms with van der Waals surface area (Å²) in [5.74, 6) is 0.336. The van der Waals surface area contributed by atoms with Gasteiger partial charge < -0.3 is 10.1 Å². The van der Waals surface area contributed by atoms with E-state index >= 15 is 0 Å². The molecule has 3 rings (SSSR count). The molecule has 1 saturated heterocycles. The molecule has 1 heterocycles. The van der Waals surface area contributed by atoms with E-state index in [-0.39, 0.29) is 22.9 Å². The Kier molecular flexibility index (Phi) is 7.67. The van der Waals surface area contributed by atoms with Crippen LogP contribution in [0, 0.1) is 5.92 Å². The predicted octanol–water partition coefficient (Wildman–Crippen LogP) is 1.99. The van der Waals surface area contributed by atoms with Crippen LogP contribution in [0.3, 0.4) is 0 Å². The smallest absolute Gasteiger partial charge is 0.251 e. The Labute approximate surface area is 174 Å². The fourth-order valence-corrected chi connectivity index (χ4v) is 5.21. The summed E-state index contributed by atoms with van der Waals surface area (Å²) < 4.78 is 32.7. The Morgan fingerprint density at radius 1 is 1.14 bits per heavy atom. The molecule has 8 heteroatoms. The Hall–Kier alpha value is -1.48. The van der Waals surface area contributed by atoms with Gasteiger partial charge in [0.2, 0.25) is 10.0 Å². The summed E-state index contributed by atoms with van der Waals surface area (Å²) in [6.07, 6.45) is 3.91. The number of ether oxygens (including phenoxy) is 1. The number of nitrogens with one attached hydrogen (secondary N) is 2. The predicted molar refractivity (Wildman–Crippen MR) is 112 cm³/mol. The minimum Gasteiger partial charge on any atom is -0.379 e. The average Bonchev–Trinajstić information content (AvgIpc) is 3.55. The highest BCUT2D eigenvalue weighted by atomic mass is 32.2. The topological polar surface area (TPSA) is 87.7 Å². The van der Waals surface area contributed by atoms with E-state index in [1.165, 1.54) is 12.1 Å². The molecule has 2 fully saturated rings. The van der Waals surface area contributed by atoms with Crippen LogP contribution < -0.4 is 10.0 Å². The lowest BCUT2D eigenvalue weighted by Crippen LogP contribution is -2.52. The van der Waals surface area contributed by atoms with Crippen molar-refractivity contribution in [2.24, 2.45) is 5.92 Å². The van der Waals surface area contributed by atoms with E-state index in [9.17, 15) is 13.2 Å². The number of hydrogen-bond acceptors (Lipinski definition) is 5. The highest BCUT2D eigenvalue weighted by molar-refractivity contribution is 7.89. The van der Waals surface area contributed by atoms with Gasteiger partial charge in [0.05, 0.1) is 18.1 Å². The molecule has 29 heavy (non-hydrogen) atoms. The first-order valence-corrected chi connectivity index (χ1v) is 12.1. The second kappa shape index (κ2) is 10.0. The Balaban J connectivity index is 1.61. The van der Waals surface area contributed by atoms with E-state index in [2.05, 4.69) is 28.8 Å². The van der Waals surface area contributed by atoms with Gasteiger partial charge in [-0.05, 0) is 43.0 Å². The van der Waals surface area contributed by atoms with Crippen LogP contribution in [0.5, 0.6) is 0 Å². The van der Waals surface area contributed by atoms with E-state index in [1.807, 2.05) is 0 Å². The summed E-state index contributed by atoms with van der Waals surface area (Å²) in [6.45, 7) is 8.20. The van der Waals surface area contributed by atoms with Gasteiger partial charge in [-0.1, -0.05) is 26.7 Å². The first-order valence-electron chi connectivity index (χ1n) is 10.7. The molecule has 2 aliphatic rings. The van der Waals surface area contributed by atoms with Crippen LogP contribution in [0.25, 0.3) is 0 Å². The third kappa shape index (κ3) is 6.01. The first kappa shape index (κ1) is 22.2. The zero-order chi connectivity index (χ0) is 20.9. The van der Waals surface area contributed by atoms with Crippen molar-refractivity contribution < 1.29 is 17.9 Å². The Morgan fingerprint density at radius 3 is 2.31 bits per heavy atom. The van der Waals surface area contributed by atoms with Crippen molar-refractivity contribution in [1.82, 2.24) is 14.9 Å². The van der Waals surface area contributed by atoms with Crippen LogP contribution in [0.2, 0.25) is 0 Å². The summed E-state index contributed by atoms with van der Waals surface area (Å²) in [5.41, 5.74) is 0.473. The molecule has 2 N–H and O–H groups in total. The maximum Gasteiger partial charge on any atom is 0.251 e. The lowest BCUT2D eigenvalue weighted by atomic mass is 9.92. The quantitative estimate of drug-likeness (QED) is 0.601. The molecular formula is C21H33N3O4S. The van der Waals surface area contributed by atoms with Gasteiger partial charge in [0.25, 0.3) is 5.91 Å². The normalized spacial score (nSPS) is 19.3. The lowest BCUT2D eigenvalue weighted by Gasteiger charge is -2.38.